The molecular weight excluding hydrogens is 417 g/mol. The molecule has 1 saturated carbocycles. The van der Waals surface area contributed by atoms with Crippen LogP contribution in [0.2, 0.25) is 0 Å². The summed E-state index contributed by atoms with van der Waals surface area (Å²) in [5.74, 6) is -0.491. The highest BCUT2D eigenvalue weighted by Crippen LogP contribution is 2.43. The largest absolute Gasteiger partial charge is 0.481 e. The second kappa shape index (κ2) is 6.84. The number of carboxylic acid groups (broad SMARTS) is 1. The van der Waals surface area contributed by atoms with E-state index in [2.05, 4.69) is 26.3 Å². The van der Waals surface area contributed by atoms with E-state index in [1.807, 2.05) is 17.5 Å². The van der Waals surface area contributed by atoms with Gasteiger partial charge in [0.15, 0.2) is 5.82 Å². The molecule has 3 N–H and O–H groups in total. The van der Waals surface area contributed by atoms with E-state index in [9.17, 15) is 14.3 Å². The van der Waals surface area contributed by atoms with Crippen molar-refractivity contribution in [3.63, 3.8) is 0 Å². The van der Waals surface area contributed by atoms with Crippen LogP contribution in [0.4, 0.5) is 10.2 Å². The number of rotatable bonds is 4. The third-order valence-electron chi connectivity index (χ3n) is 6.40. The molecule has 4 aromatic heterocycles. The Morgan fingerprint density at radius 3 is 2.87 bits per heavy atom. The van der Waals surface area contributed by atoms with Crippen LogP contribution in [0.3, 0.4) is 0 Å². The van der Waals surface area contributed by atoms with Crippen molar-refractivity contribution in [2.75, 3.05) is 5.32 Å². The molecule has 3 aliphatic carbocycles. The molecule has 4 aromatic rings. The van der Waals surface area contributed by atoms with Crippen molar-refractivity contribution in [3.05, 3.63) is 47.9 Å². The lowest BCUT2D eigenvalue weighted by Gasteiger charge is -2.43. The van der Waals surface area contributed by atoms with Crippen molar-refractivity contribution in [2.45, 2.75) is 18.9 Å². The second-order valence-electron chi connectivity index (χ2n) is 8.11. The first-order chi connectivity index (χ1) is 15.1. The van der Waals surface area contributed by atoms with Crippen LogP contribution in [0.5, 0.6) is 0 Å². The number of pyridine rings is 1. The number of aromatic nitrogens is 4. The second-order valence-corrected chi connectivity index (χ2v) is 9.01. The van der Waals surface area contributed by atoms with Gasteiger partial charge >= 0.3 is 5.97 Å². The number of halogens is 1. The predicted octanol–water partition coefficient (Wildman–Crippen LogP) is 4.45. The number of aromatic amines is 1. The van der Waals surface area contributed by atoms with Crippen molar-refractivity contribution in [3.8, 4) is 11.4 Å². The summed E-state index contributed by atoms with van der Waals surface area (Å²) in [5.41, 5.74) is 1.21. The number of fused-ring (bicyclic) bond motifs is 4. The number of anilines is 1. The third-order valence-corrected chi connectivity index (χ3v) is 7.21. The summed E-state index contributed by atoms with van der Waals surface area (Å²) in [7, 11) is 0. The van der Waals surface area contributed by atoms with Gasteiger partial charge in [0, 0.05) is 23.2 Å². The zero-order valence-electron chi connectivity index (χ0n) is 16.2. The van der Waals surface area contributed by atoms with Crippen LogP contribution in [0, 0.1) is 23.6 Å². The van der Waals surface area contributed by atoms with E-state index in [1.165, 1.54) is 17.4 Å². The number of thiophene rings is 1. The van der Waals surface area contributed by atoms with Crippen molar-refractivity contribution in [2.24, 2.45) is 17.8 Å². The van der Waals surface area contributed by atoms with Crippen molar-refractivity contribution < 1.29 is 14.3 Å². The van der Waals surface area contributed by atoms with Crippen LogP contribution in [-0.4, -0.2) is 37.1 Å². The zero-order chi connectivity index (χ0) is 21.1. The Labute approximate surface area is 180 Å². The highest BCUT2D eigenvalue weighted by molar-refractivity contribution is 7.16. The molecule has 1 fully saturated rings. The lowest BCUT2D eigenvalue weighted by Crippen LogP contribution is -2.49. The lowest BCUT2D eigenvalue weighted by molar-refractivity contribution is -0.145. The number of H-pyrrole nitrogens is 1. The quantitative estimate of drug-likeness (QED) is 0.409. The fourth-order valence-corrected chi connectivity index (χ4v) is 5.70. The number of carbonyl (C=O) groups is 1. The van der Waals surface area contributed by atoms with Crippen LogP contribution in [-0.2, 0) is 4.79 Å². The first-order valence-electron chi connectivity index (χ1n) is 10.1. The molecule has 7 rings (SSSR count). The Balaban J connectivity index is 1.47. The van der Waals surface area contributed by atoms with Crippen molar-refractivity contribution in [1.29, 1.82) is 0 Å². The average Bonchev–Trinajstić information content (AvgIpc) is 3.41. The molecule has 0 aliphatic heterocycles. The first-order valence-corrected chi connectivity index (χ1v) is 11.0. The number of hydrogen-bond donors (Lipinski definition) is 3. The van der Waals surface area contributed by atoms with Crippen LogP contribution in [0.15, 0.2) is 42.1 Å². The van der Waals surface area contributed by atoms with E-state index in [1.54, 1.807) is 6.20 Å². The molecule has 0 radical (unpaired) electrons. The fraction of sp³-hybridized carbons (Fsp3) is 0.273. The SMILES string of the molecule is O=C(O)[C@H]1C2C=CC(CC2)[C@@H]1Nc1nc(-c2c[nH]c3ncc(F)cc23)nc2sccc12. The van der Waals surface area contributed by atoms with E-state index >= 15 is 0 Å². The number of nitrogens with zero attached hydrogens (tertiary/aromatic N) is 3. The maximum absolute atomic E-state index is 13.8. The normalized spacial score (nSPS) is 24.8. The van der Waals surface area contributed by atoms with Gasteiger partial charge in [-0.25, -0.2) is 19.3 Å². The molecule has 4 atom stereocenters. The van der Waals surface area contributed by atoms with Gasteiger partial charge in [0.25, 0.3) is 0 Å². The van der Waals surface area contributed by atoms with Crippen molar-refractivity contribution in [1.82, 2.24) is 19.9 Å². The summed E-state index contributed by atoms with van der Waals surface area (Å²) in [6, 6.07) is 3.11. The maximum Gasteiger partial charge on any atom is 0.309 e. The van der Waals surface area contributed by atoms with Gasteiger partial charge in [-0.2, -0.15) is 0 Å². The van der Waals surface area contributed by atoms with Crippen LogP contribution in [0.1, 0.15) is 12.8 Å². The number of hydrogen-bond acceptors (Lipinski definition) is 6. The van der Waals surface area contributed by atoms with Crippen LogP contribution >= 0.6 is 11.3 Å². The molecule has 31 heavy (non-hydrogen) atoms. The predicted molar refractivity (Wildman–Crippen MR) is 116 cm³/mol. The van der Waals surface area contributed by atoms with E-state index in [4.69, 9.17) is 4.98 Å². The van der Waals surface area contributed by atoms with Crippen molar-refractivity contribution >= 4 is 44.4 Å². The fourth-order valence-electron chi connectivity index (χ4n) is 4.93. The first kappa shape index (κ1) is 18.4. The Kier molecular flexibility index (Phi) is 4.07. The Hall–Kier alpha value is -3.33. The molecule has 0 amide bonds. The van der Waals surface area contributed by atoms with Crippen LogP contribution in [0.25, 0.3) is 32.6 Å². The average molecular weight is 435 g/mol. The summed E-state index contributed by atoms with van der Waals surface area (Å²) in [5, 5.41) is 16.7. The number of aliphatic carboxylic acids is 1. The Bertz CT molecular complexity index is 1360. The van der Waals surface area contributed by atoms with Gasteiger partial charge in [0.2, 0.25) is 0 Å². The van der Waals surface area contributed by atoms with Gasteiger partial charge in [-0.3, -0.25) is 4.79 Å². The minimum atomic E-state index is -0.787. The monoisotopic (exact) mass is 435 g/mol. The van der Waals surface area contributed by atoms with E-state index < -0.39 is 17.7 Å². The maximum atomic E-state index is 13.8. The van der Waals surface area contributed by atoms with E-state index in [0.29, 0.717) is 28.2 Å². The number of allylic oxidation sites excluding steroid dienone is 1. The topological polar surface area (TPSA) is 104 Å². The van der Waals surface area contributed by atoms with Gasteiger partial charge in [-0.1, -0.05) is 12.2 Å². The summed E-state index contributed by atoms with van der Waals surface area (Å²) >= 11 is 1.48. The van der Waals surface area contributed by atoms with Crippen LogP contribution < -0.4 is 5.32 Å². The number of carboxylic acids is 1. The van der Waals surface area contributed by atoms with E-state index in [-0.39, 0.29) is 17.9 Å². The highest BCUT2D eigenvalue weighted by Gasteiger charge is 2.45. The molecule has 2 bridgehead atoms. The van der Waals surface area contributed by atoms with Gasteiger partial charge < -0.3 is 15.4 Å². The molecule has 7 nitrogen and oxygen atoms in total. The summed E-state index contributed by atoms with van der Waals surface area (Å²) in [6.07, 6.45) is 8.92. The zero-order valence-corrected chi connectivity index (χ0v) is 17.1. The van der Waals surface area contributed by atoms with Gasteiger partial charge in [-0.15, -0.1) is 11.3 Å². The molecule has 4 heterocycles. The molecule has 0 aromatic carbocycles. The summed E-state index contributed by atoms with van der Waals surface area (Å²) in [6.45, 7) is 0. The molecule has 0 saturated heterocycles. The lowest BCUT2D eigenvalue weighted by atomic mass is 9.66. The van der Waals surface area contributed by atoms with Gasteiger partial charge in [0.1, 0.15) is 22.1 Å². The van der Waals surface area contributed by atoms with Gasteiger partial charge in [0.05, 0.1) is 17.5 Å². The standard InChI is InChI=1S/C22H18FN5O2S/c23-12-7-14-15(9-25-18(14)24-8-12)20-27-19(13-5-6-31-21(13)28-20)26-17-11-3-1-10(2-4-11)16(17)22(29)30/h1,3,5-11,16-17H,2,4H2,(H,24,25)(H,29,30)(H,26,27,28)/t10?,11?,16-,17-/m0/s1. The minimum absolute atomic E-state index is 0.0296. The molecule has 0 spiro atoms. The van der Waals surface area contributed by atoms with Gasteiger partial charge in [-0.05, 0) is 42.2 Å². The molecular formula is C22H18FN5O2S. The smallest absolute Gasteiger partial charge is 0.309 e. The molecule has 3 aliphatic rings. The molecule has 156 valence electrons. The van der Waals surface area contributed by atoms with E-state index in [0.717, 1.165) is 29.3 Å². The third kappa shape index (κ3) is 2.91. The molecule has 2 unspecified atom stereocenters. The highest BCUT2D eigenvalue weighted by atomic mass is 32.1. The number of nitrogens with one attached hydrogen (secondary N) is 2. The Morgan fingerprint density at radius 2 is 2.06 bits per heavy atom. The summed E-state index contributed by atoms with van der Waals surface area (Å²) < 4.78 is 13.8. The summed E-state index contributed by atoms with van der Waals surface area (Å²) in [4.78, 5) is 29.4. The minimum Gasteiger partial charge on any atom is -0.481 e. The Morgan fingerprint density at radius 1 is 1.23 bits per heavy atom. The molecule has 9 heteroatoms.